The van der Waals surface area contributed by atoms with Gasteiger partial charge in [-0.05, 0) is 64.7 Å². The lowest BCUT2D eigenvalue weighted by Crippen LogP contribution is -2.55. The van der Waals surface area contributed by atoms with Gasteiger partial charge in [-0.2, -0.15) is 13.2 Å². The first kappa shape index (κ1) is 27.9. The summed E-state index contributed by atoms with van der Waals surface area (Å²) in [5, 5.41) is 5.04. The molecule has 2 aromatic rings. The summed E-state index contributed by atoms with van der Waals surface area (Å²) in [4.78, 5) is 35.4. The van der Waals surface area contributed by atoms with Crippen molar-refractivity contribution >= 4 is 29.2 Å². The van der Waals surface area contributed by atoms with E-state index in [1.807, 2.05) is 5.32 Å². The summed E-state index contributed by atoms with van der Waals surface area (Å²) >= 11 is 5.72. The number of hydrogen-bond acceptors (Lipinski definition) is 6. The molecule has 2 amide bonds. The van der Waals surface area contributed by atoms with Gasteiger partial charge in [0.25, 0.3) is 17.7 Å². The zero-order chi connectivity index (χ0) is 27.8. The third-order valence-corrected chi connectivity index (χ3v) is 7.06. The van der Waals surface area contributed by atoms with Gasteiger partial charge in [-0.25, -0.2) is 14.4 Å². The molecule has 8 nitrogen and oxygen atoms in total. The summed E-state index contributed by atoms with van der Waals surface area (Å²) in [5.74, 6) is -1.73. The van der Waals surface area contributed by atoms with E-state index in [9.17, 15) is 27.2 Å². The molecule has 2 bridgehead atoms. The summed E-state index contributed by atoms with van der Waals surface area (Å²) in [6.45, 7) is 3.93. The molecule has 2 aromatic heterocycles. The Balaban J connectivity index is 1.36. The number of nitrogens with one attached hydrogen (secondary N) is 2. The number of anilines is 1. The number of hydrogen-bond donors (Lipinski definition) is 2. The molecule has 0 unspecified atom stereocenters. The summed E-state index contributed by atoms with van der Waals surface area (Å²) in [7, 11) is 0. The maximum absolute atomic E-state index is 14.1. The molecule has 0 radical (unpaired) electrons. The monoisotopic (exact) mass is 557 g/mol. The van der Waals surface area contributed by atoms with Crippen LogP contribution >= 0.6 is 11.6 Å². The third-order valence-electron chi connectivity index (χ3n) is 6.85. The highest BCUT2D eigenvalue weighted by Gasteiger charge is 2.43. The Morgan fingerprint density at radius 2 is 1.79 bits per heavy atom. The van der Waals surface area contributed by atoms with Crippen LogP contribution in [0.4, 0.5) is 23.4 Å². The second-order valence-electron chi connectivity index (χ2n) is 10.1. The fourth-order valence-corrected chi connectivity index (χ4v) is 4.97. The number of fused-ring (bicyclic) bond motifs is 2. The van der Waals surface area contributed by atoms with Crippen LogP contribution in [0.25, 0.3) is 0 Å². The van der Waals surface area contributed by atoms with E-state index in [1.54, 1.807) is 6.07 Å². The largest absolute Gasteiger partial charge is 0.459 e. The summed E-state index contributed by atoms with van der Waals surface area (Å²) in [5.41, 5.74) is -1.35. The molecule has 2 saturated heterocycles. The van der Waals surface area contributed by atoms with Crippen molar-refractivity contribution in [2.24, 2.45) is 0 Å². The van der Waals surface area contributed by atoms with Gasteiger partial charge in [0.05, 0.1) is 10.6 Å². The standard InChI is InChI=1S/C25H28ClF4N5O3/c1-13(25(28,29)30)33-21(36)14-4-7-20(31-11-14)35-17-5-6-18(35)10-16(9-17)34-23(37)24(2,3)38-22-19(27)8-15(26)12-32-22/h4,7-8,11-13,16-18H,5-6,9-10H2,1-3H3,(H,33,36)(H,34,37)/t13-,16-,17+,18-/m0/s1. The number of rotatable bonds is 7. The number of carbonyl (C=O) groups is 2. The number of amides is 2. The predicted molar refractivity (Wildman–Crippen MR) is 132 cm³/mol. The van der Waals surface area contributed by atoms with Crippen LogP contribution in [-0.4, -0.2) is 57.7 Å². The second kappa shape index (κ2) is 10.5. The molecule has 13 heteroatoms. The van der Waals surface area contributed by atoms with Crippen LogP contribution in [0.1, 0.15) is 56.8 Å². The van der Waals surface area contributed by atoms with Gasteiger partial charge in [0.2, 0.25) is 0 Å². The molecule has 0 saturated carbocycles. The summed E-state index contributed by atoms with van der Waals surface area (Å²) in [6.07, 6.45) is 1.000. The van der Waals surface area contributed by atoms with E-state index >= 15 is 0 Å². The zero-order valence-electron chi connectivity index (χ0n) is 21.0. The molecule has 0 aliphatic carbocycles. The highest BCUT2D eigenvalue weighted by Crippen LogP contribution is 2.39. The Kier molecular flexibility index (Phi) is 7.74. The van der Waals surface area contributed by atoms with Crippen molar-refractivity contribution < 1.29 is 31.9 Å². The number of alkyl halides is 3. The number of ether oxygens (including phenoxy) is 1. The van der Waals surface area contributed by atoms with Crippen LogP contribution in [0.2, 0.25) is 5.02 Å². The minimum absolute atomic E-state index is 0.0354. The van der Waals surface area contributed by atoms with Gasteiger partial charge in [-0.1, -0.05) is 11.6 Å². The van der Waals surface area contributed by atoms with Crippen LogP contribution < -0.4 is 20.3 Å². The fraction of sp³-hybridized carbons (Fsp3) is 0.520. The van der Waals surface area contributed by atoms with Crippen LogP contribution in [-0.2, 0) is 4.79 Å². The van der Waals surface area contributed by atoms with Crippen LogP contribution in [0.3, 0.4) is 0 Å². The Morgan fingerprint density at radius 3 is 2.34 bits per heavy atom. The molecule has 2 aliphatic heterocycles. The smallest absolute Gasteiger partial charge is 0.408 e. The number of piperidine rings is 1. The number of halogens is 5. The Labute approximate surface area is 222 Å². The van der Waals surface area contributed by atoms with Crippen molar-refractivity contribution in [3.8, 4) is 5.88 Å². The maximum Gasteiger partial charge on any atom is 0.408 e. The second-order valence-corrected chi connectivity index (χ2v) is 10.6. The molecule has 206 valence electrons. The molecule has 2 aliphatic rings. The Hall–Kier alpha value is -3.15. The van der Waals surface area contributed by atoms with Crippen molar-refractivity contribution in [1.29, 1.82) is 0 Å². The van der Waals surface area contributed by atoms with Crippen LogP contribution in [0.5, 0.6) is 5.88 Å². The van der Waals surface area contributed by atoms with Crippen LogP contribution in [0, 0.1) is 5.82 Å². The fourth-order valence-electron chi connectivity index (χ4n) is 4.83. The number of pyridine rings is 2. The highest BCUT2D eigenvalue weighted by atomic mass is 35.5. The molecule has 4 heterocycles. The molecular formula is C25H28ClF4N5O3. The van der Waals surface area contributed by atoms with Crippen molar-refractivity contribution in [3.63, 3.8) is 0 Å². The van der Waals surface area contributed by atoms with Gasteiger partial charge in [0.1, 0.15) is 11.9 Å². The normalized spacial score (nSPS) is 22.1. The molecule has 2 fully saturated rings. The van der Waals surface area contributed by atoms with Crippen molar-refractivity contribution in [2.75, 3.05) is 4.90 Å². The van der Waals surface area contributed by atoms with E-state index in [1.165, 1.54) is 32.3 Å². The van der Waals surface area contributed by atoms with Gasteiger partial charge in [-0.15, -0.1) is 0 Å². The highest BCUT2D eigenvalue weighted by molar-refractivity contribution is 6.30. The maximum atomic E-state index is 14.1. The lowest BCUT2D eigenvalue weighted by Gasteiger charge is -2.40. The van der Waals surface area contributed by atoms with Crippen molar-refractivity contribution in [3.05, 3.63) is 47.0 Å². The lowest BCUT2D eigenvalue weighted by molar-refractivity contribution is -0.149. The Bertz CT molecular complexity index is 1180. The van der Waals surface area contributed by atoms with E-state index in [4.69, 9.17) is 16.3 Å². The predicted octanol–water partition coefficient (Wildman–Crippen LogP) is 4.42. The molecule has 0 spiro atoms. The van der Waals surface area contributed by atoms with Gasteiger partial charge in [0, 0.05) is 30.5 Å². The van der Waals surface area contributed by atoms with E-state index in [2.05, 4.69) is 20.2 Å². The molecule has 38 heavy (non-hydrogen) atoms. The first-order valence-corrected chi connectivity index (χ1v) is 12.6. The lowest BCUT2D eigenvalue weighted by atomic mass is 9.96. The van der Waals surface area contributed by atoms with E-state index < -0.39 is 35.5 Å². The first-order valence-electron chi connectivity index (χ1n) is 12.2. The topological polar surface area (TPSA) is 96.5 Å². The van der Waals surface area contributed by atoms with E-state index in [0.717, 1.165) is 25.8 Å². The van der Waals surface area contributed by atoms with E-state index in [0.29, 0.717) is 18.7 Å². The minimum atomic E-state index is -4.54. The molecule has 2 N–H and O–H groups in total. The van der Waals surface area contributed by atoms with E-state index in [-0.39, 0.29) is 34.6 Å². The van der Waals surface area contributed by atoms with Gasteiger partial charge in [0.15, 0.2) is 11.4 Å². The van der Waals surface area contributed by atoms with Gasteiger partial charge >= 0.3 is 6.18 Å². The Morgan fingerprint density at radius 1 is 1.13 bits per heavy atom. The third kappa shape index (κ3) is 6.11. The molecule has 4 atom stereocenters. The molecule has 4 rings (SSSR count). The summed E-state index contributed by atoms with van der Waals surface area (Å²) in [6, 6.07) is 2.18. The SMILES string of the molecule is C[C@H](NC(=O)c1ccc(N2[C@@H]3CC[C@H]2C[C@@H](NC(=O)C(C)(C)Oc2ncc(Cl)cc2F)C3)nc1)C(F)(F)F. The van der Waals surface area contributed by atoms with Crippen LogP contribution in [0.15, 0.2) is 30.6 Å². The first-order chi connectivity index (χ1) is 17.7. The van der Waals surface area contributed by atoms with Crippen molar-refractivity contribution in [2.45, 2.75) is 82.4 Å². The van der Waals surface area contributed by atoms with Gasteiger partial charge < -0.3 is 20.3 Å². The average molecular weight is 558 g/mol. The molecule has 0 aromatic carbocycles. The molecular weight excluding hydrogens is 530 g/mol. The average Bonchev–Trinajstić information content (AvgIpc) is 3.10. The quantitative estimate of drug-likeness (QED) is 0.489. The number of nitrogens with zero attached hydrogens (tertiary/aromatic N) is 3. The number of carbonyl (C=O) groups excluding carboxylic acids is 2. The minimum Gasteiger partial charge on any atom is -0.459 e. The van der Waals surface area contributed by atoms with Gasteiger partial charge in [-0.3, -0.25) is 9.59 Å². The van der Waals surface area contributed by atoms with Crippen molar-refractivity contribution in [1.82, 2.24) is 20.6 Å². The summed E-state index contributed by atoms with van der Waals surface area (Å²) < 4.78 is 57.9. The zero-order valence-corrected chi connectivity index (χ0v) is 21.7. The number of aromatic nitrogens is 2.